The van der Waals surface area contributed by atoms with Gasteiger partial charge >= 0.3 is 0 Å². The van der Waals surface area contributed by atoms with Crippen LogP contribution in [-0.2, 0) is 0 Å². The Balaban J connectivity index is 2.82. The van der Waals surface area contributed by atoms with Crippen molar-refractivity contribution in [1.82, 2.24) is 0 Å². The highest BCUT2D eigenvalue weighted by Crippen LogP contribution is 2.27. The Morgan fingerprint density at radius 1 is 1.38 bits per heavy atom. The minimum atomic E-state index is -0.448. The van der Waals surface area contributed by atoms with Gasteiger partial charge in [0.25, 0.3) is 0 Å². The summed E-state index contributed by atoms with van der Waals surface area (Å²) in [4.78, 5) is 10.3. The lowest BCUT2D eigenvalue weighted by atomic mass is 10.2. The van der Waals surface area contributed by atoms with Crippen LogP contribution in [0, 0.1) is 5.82 Å². The van der Waals surface area contributed by atoms with E-state index < -0.39 is 5.82 Å². The minimum Gasteiger partial charge on any atom is -0.452 e. The Kier molecular flexibility index (Phi) is 1.81. The smallest absolute Gasteiger partial charge is 0.185 e. The van der Waals surface area contributed by atoms with Crippen LogP contribution < -0.4 is 0 Å². The van der Waals surface area contributed by atoms with Gasteiger partial charge in [-0.1, -0.05) is 11.6 Å². The molecular weight excluding hydrogens is 195 g/mol. The van der Waals surface area contributed by atoms with E-state index in [-0.39, 0.29) is 10.8 Å². The van der Waals surface area contributed by atoms with Crippen LogP contribution in [0.5, 0.6) is 0 Å². The fourth-order valence-electron chi connectivity index (χ4n) is 1.15. The van der Waals surface area contributed by atoms with Crippen molar-refractivity contribution in [3.63, 3.8) is 0 Å². The van der Waals surface area contributed by atoms with Gasteiger partial charge in [0, 0.05) is 5.39 Å². The molecule has 0 fully saturated rings. The van der Waals surface area contributed by atoms with Crippen LogP contribution in [-0.4, -0.2) is 6.29 Å². The average Bonchev–Trinajstić information content (AvgIpc) is 2.47. The van der Waals surface area contributed by atoms with E-state index in [1.165, 1.54) is 12.1 Å². The van der Waals surface area contributed by atoms with Gasteiger partial charge in [-0.2, -0.15) is 0 Å². The van der Waals surface area contributed by atoms with Crippen LogP contribution in [0.4, 0.5) is 4.39 Å². The van der Waals surface area contributed by atoms with Crippen LogP contribution in [0.25, 0.3) is 11.0 Å². The highest BCUT2D eigenvalue weighted by Gasteiger charge is 2.08. The van der Waals surface area contributed by atoms with Crippen molar-refractivity contribution >= 4 is 28.9 Å². The quantitative estimate of drug-likeness (QED) is 0.660. The zero-order valence-electron chi connectivity index (χ0n) is 6.38. The van der Waals surface area contributed by atoms with Crippen LogP contribution in [0.1, 0.15) is 10.6 Å². The molecule has 0 aliphatic carbocycles. The number of furan rings is 1. The number of fused-ring (bicyclic) bond motifs is 1. The molecule has 0 saturated heterocycles. The predicted molar refractivity (Wildman–Crippen MR) is 46.6 cm³/mol. The van der Waals surface area contributed by atoms with Crippen molar-refractivity contribution in [1.29, 1.82) is 0 Å². The molecule has 2 aromatic rings. The molecule has 0 spiro atoms. The van der Waals surface area contributed by atoms with Gasteiger partial charge < -0.3 is 4.42 Å². The van der Waals surface area contributed by atoms with Gasteiger partial charge in [-0.3, -0.25) is 4.79 Å². The monoisotopic (exact) mass is 198 g/mol. The van der Waals surface area contributed by atoms with Crippen LogP contribution in [0.15, 0.2) is 22.6 Å². The fourth-order valence-corrected chi connectivity index (χ4v) is 1.41. The van der Waals surface area contributed by atoms with Gasteiger partial charge in [0.2, 0.25) is 0 Å². The highest BCUT2D eigenvalue weighted by atomic mass is 35.5. The molecule has 0 N–H and O–H groups in total. The average molecular weight is 199 g/mol. The van der Waals surface area contributed by atoms with E-state index >= 15 is 0 Å². The molecule has 0 aliphatic rings. The molecule has 2 rings (SSSR count). The number of hydrogen-bond donors (Lipinski definition) is 0. The van der Waals surface area contributed by atoms with Crippen LogP contribution in [0.3, 0.4) is 0 Å². The summed E-state index contributed by atoms with van der Waals surface area (Å²) in [6, 6.07) is 3.84. The SMILES string of the molecule is O=Cc1cc2cc(F)cc(Cl)c2o1. The molecule has 66 valence electrons. The van der Waals surface area contributed by atoms with E-state index in [2.05, 4.69) is 0 Å². The lowest BCUT2D eigenvalue weighted by molar-refractivity contribution is 0.110. The molecule has 2 nitrogen and oxygen atoms in total. The number of carbonyl (C=O) groups excluding carboxylic acids is 1. The Hall–Kier alpha value is -1.35. The van der Waals surface area contributed by atoms with E-state index in [0.29, 0.717) is 17.3 Å². The molecular formula is C9H4ClFO2. The van der Waals surface area contributed by atoms with E-state index in [1.807, 2.05) is 0 Å². The van der Waals surface area contributed by atoms with Crippen molar-refractivity contribution in [3.05, 3.63) is 34.8 Å². The maximum Gasteiger partial charge on any atom is 0.185 e. The summed E-state index contributed by atoms with van der Waals surface area (Å²) >= 11 is 5.68. The lowest BCUT2D eigenvalue weighted by Crippen LogP contribution is -1.72. The summed E-state index contributed by atoms with van der Waals surface area (Å²) in [5.41, 5.74) is 0.338. The Morgan fingerprint density at radius 3 is 2.85 bits per heavy atom. The van der Waals surface area contributed by atoms with Gasteiger partial charge in [-0.25, -0.2) is 4.39 Å². The molecule has 0 aliphatic heterocycles. The van der Waals surface area contributed by atoms with Gasteiger partial charge in [-0.05, 0) is 18.2 Å². The molecule has 0 bridgehead atoms. The third-order valence-electron chi connectivity index (χ3n) is 1.67. The first-order valence-electron chi connectivity index (χ1n) is 3.54. The second kappa shape index (κ2) is 2.85. The second-order valence-electron chi connectivity index (χ2n) is 2.57. The number of aldehydes is 1. The zero-order chi connectivity index (χ0) is 9.42. The Morgan fingerprint density at radius 2 is 2.15 bits per heavy atom. The summed E-state index contributed by atoms with van der Waals surface area (Å²) in [6.45, 7) is 0. The minimum absolute atomic E-state index is 0.141. The summed E-state index contributed by atoms with van der Waals surface area (Å²) in [5, 5.41) is 0.662. The number of benzene rings is 1. The number of hydrogen-bond acceptors (Lipinski definition) is 2. The topological polar surface area (TPSA) is 30.2 Å². The lowest BCUT2D eigenvalue weighted by Gasteiger charge is -1.91. The van der Waals surface area contributed by atoms with Gasteiger partial charge in [0.05, 0.1) is 5.02 Å². The number of rotatable bonds is 1. The first kappa shape index (κ1) is 8.26. The molecule has 4 heteroatoms. The Labute approximate surface area is 77.9 Å². The molecule has 1 aromatic heterocycles. The molecule has 0 amide bonds. The molecule has 13 heavy (non-hydrogen) atoms. The van der Waals surface area contributed by atoms with E-state index in [0.717, 1.165) is 6.07 Å². The molecule has 0 unspecified atom stereocenters. The van der Waals surface area contributed by atoms with Crippen molar-refractivity contribution in [3.8, 4) is 0 Å². The predicted octanol–water partition coefficient (Wildman–Crippen LogP) is 3.04. The summed E-state index contributed by atoms with van der Waals surface area (Å²) < 4.78 is 17.8. The standard InChI is InChI=1S/C9H4ClFO2/c10-8-3-6(11)1-5-2-7(4-12)13-9(5)8/h1-4H. The maximum absolute atomic E-state index is 12.8. The highest BCUT2D eigenvalue weighted by molar-refractivity contribution is 6.34. The molecule has 0 atom stereocenters. The van der Waals surface area contributed by atoms with Crippen molar-refractivity contribution in [2.45, 2.75) is 0 Å². The number of carbonyl (C=O) groups is 1. The molecule has 0 radical (unpaired) electrons. The normalized spacial score (nSPS) is 10.6. The molecule has 1 aromatic carbocycles. The first-order chi connectivity index (χ1) is 6.20. The summed E-state index contributed by atoms with van der Waals surface area (Å²) in [7, 11) is 0. The van der Waals surface area contributed by atoms with Gasteiger partial charge in [0.1, 0.15) is 5.82 Å². The maximum atomic E-state index is 12.8. The van der Waals surface area contributed by atoms with Crippen molar-refractivity contribution < 1.29 is 13.6 Å². The van der Waals surface area contributed by atoms with Crippen molar-refractivity contribution in [2.24, 2.45) is 0 Å². The molecule has 1 heterocycles. The van der Waals surface area contributed by atoms with Crippen LogP contribution in [0.2, 0.25) is 5.02 Å². The van der Waals surface area contributed by atoms with Crippen molar-refractivity contribution in [2.75, 3.05) is 0 Å². The largest absolute Gasteiger partial charge is 0.452 e. The summed E-state index contributed by atoms with van der Waals surface area (Å²) in [6.07, 6.45) is 0.550. The zero-order valence-corrected chi connectivity index (χ0v) is 7.14. The third-order valence-corrected chi connectivity index (χ3v) is 1.95. The third kappa shape index (κ3) is 1.31. The first-order valence-corrected chi connectivity index (χ1v) is 3.92. The molecule has 0 saturated carbocycles. The van der Waals surface area contributed by atoms with Gasteiger partial charge in [-0.15, -0.1) is 0 Å². The van der Waals surface area contributed by atoms with E-state index in [1.54, 1.807) is 0 Å². The number of halogens is 2. The summed E-state index contributed by atoms with van der Waals surface area (Å²) in [5.74, 6) is -0.307. The Bertz CT molecular complexity index is 476. The second-order valence-corrected chi connectivity index (χ2v) is 2.98. The van der Waals surface area contributed by atoms with E-state index in [4.69, 9.17) is 16.0 Å². The fraction of sp³-hybridized carbons (Fsp3) is 0. The van der Waals surface area contributed by atoms with Crippen LogP contribution >= 0.6 is 11.6 Å². The van der Waals surface area contributed by atoms with Gasteiger partial charge in [0.15, 0.2) is 17.6 Å². The van der Waals surface area contributed by atoms with E-state index in [9.17, 15) is 9.18 Å².